The molecule has 0 spiro atoms. The average Bonchev–Trinajstić information content (AvgIpc) is 3.30. The molecule has 0 amide bonds. The number of phenols is 3. The van der Waals surface area contributed by atoms with Crippen LogP contribution in [0, 0.1) is 0 Å². The highest BCUT2D eigenvalue weighted by atomic mass is 16.3. The Balaban J connectivity index is 1.92. The van der Waals surface area contributed by atoms with Crippen molar-refractivity contribution in [1.29, 1.82) is 0 Å². The van der Waals surface area contributed by atoms with E-state index in [4.69, 9.17) is 0 Å². The molecule has 158 valence electrons. The highest BCUT2D eigenvalue weighted by Gasteiger charge is 2.21. The van der Waals surface area contributed by atoms with E-state index in [-0.39, 0.29) is 17.2 Å². The van der Waals surface area contributed by atoms with E-state index < -0.39 is 0 Å². The molecule has 0 radical (unpaired) electrons. The molecule has 0 aliphatic heterocycles. The molecule has 7 heteroatoms. The second-order valence-electron chi connectivity index (χ2n) is 7.94. The summed E-state index contributed by atoms with van der Waals surface area (Å²) in [5.74, 6) is -0.0893. The number of fused-ring (bicyclic) bond motifs is 2. The number of phenolic OH excluding ortho intramolecular Hbond substituents is 3. The molecule has 0 fully saturated rings. The van der Waals surface area contributed by atoms with Crippen LogP contribution in [0.1, 0.15) is 11.1 Å². The SMILES string of the molecule is CNCCc1c(-c2ccc3[nH]cc(CCN(C)C)c3c2O)[nH]c2ccc(O)c(O)c12. The van der Waals surface area contributed by atoms with Gasteiger partial charge in [0.05, 0.1) is 11.2 Å². The first-order valence-electron chi connectivity index (χ1n) is 10.1. The van der Waals surface area contributed by atoms with Crippen LogP contribution in [0.3, 0.4) is 0 Å². The summed E-state index contributed by atoms with van der Waals surface area (Å²) >= 11 is 0. The largest absolute Gasteiger partial charge is 0.507 e. The molecule has 4 rings (SSSR count). The average molecular weight is 409 g/mol. The number of hydrogen-bond acceptors (Lipinski definition) is 5. The van der Waals surface area contributed by atoms with E-state index in [1.807, 2.05) is 39.5 Å². The lowest BCUT2D eigenvalue weighted by molar-refractivity contribution is 0.408. The number of aromatic amines is 2. The van der Waals surface area contributed by atoms with E-state index in [9.17, 15) is 15.3 Å². The van der Waals surface area contributed by atoms with Crippen LogP contribution in [0.2, 0.25) is 0 Å². The molecule has 0 bridgehead atoms. The van der Waals surface area contributed by atoms with Gasteiger partial charge in [0.25, 0.3) is 0 Å². The number of nitrogens with one attached hydrogen (secondary N) is 3. The molecule has 0 aliphatic rings. The van der Waals surface area contributed by atoms with Crippen LogP contribution in [0.15, 0.2) is 30.5 Å². The first-order chi connectivity index (χ1) is 14.4. The Labute approximate surface area is 175 Å². The molecule has 0 saturated heterocycles. The molecule has 2 heterocycles. The van der Waals surface area contributed by atoms with Crippen LogP contribution < -0.4 is 5.32 Å². The van der Waals surface area contributed by atoms with Crippen LogP contribution in [0.25, 0.3) is 33.1 Å². The van der Waals surface area contributed by atoms with Crippen molar-refractivity contribution in [1.82, 2.24) is 20.2 Å². The molecule has 30 heavy (non-hydrogen) atoms. The number of H-pyrrole nitrogens is 2. The summed E-state index contributed by atoms with van der Waals surface area (Å²) in [4.78, 5) is 8.71. The van der Waals surface area contributed by atoms with Gasteiger partial charge in [-0.3, -0.25) is 0 Å². The standard InChI is InChI=1S/C23H28N4O3/c1-24-10-8-14-20-17(6-7-18(28)23(20)30)26-21(14)15-4-5-16-19(22(15)29)13(12-25-16)9-11-27(2)3/h4-7,12,24-26,28-30H,8-11H2,1-3H3. The van der Waals surface area contributed by atoms with Gasteiger partial charge in [-0.25, -0.2) is 0 Å². The third-order valence-electron chi connectivity index (χ3n) is 5.64. The number of benzene rings is 2. The summed E-state index contributed by atoms with van der Waals surface area (Å²) in [5, 5.41) is 36.3. The summed E-state index contributed by atoms with van der Waals surface area (Å²) in [6.45, 7) is 1.57. The summed E-state index contributed by atoms with van der Waals surface area (Å²) in [7, 11) is 5.92. The highest BCUT2D eigenvalue weighted by Crippen LogP contribution is 2.44. The maximum atomic E-state index is 11.3. The van der Waals surface area contributed by atoms with Gasteiger partial charge in [-0.15, -0.1) is 0 Å². The zero-order valence-electron chi connectivity index (χ0n) is 17.5. The van der Waals surface area contributed by atoms with Crippen molar-refractivity contribution in [3.63, 3.8) is 0 Å². The number of nitrogens with zero attached hydrogens (tertiary/aromatic N) is 1. The summed E-state index contributed by atoms with van der Waals surface area (Å²) in [6.07, 6.45) is 3.40. The maximum Gasteiger partial charge on any atom is 0.167 e. The fourth-order valence-corrected chi connectivity index (χ4v) is 4.07. The van der Waals surface area contributed by atoms with Crippen molar-refractivity contribution >= 4 is 21.8 Å². The number of aromatic hydroxyl groups is 3. The molecule has 0 unspecified atom stereocenters. The number of likely N-dealkylation sites (N-methyl/N-ethyl adjacent to an activating group) is 2. The van der Waals surface area contributed by atoms with Crippen molar-refractivity contribution < 1.29 is 15.3 Å². The molecular weight excluding hydrogens is 380 g/mol. The smallest absolute Gasteiger partial charge is 0.167 e. The van der Waals surface area contributed by atoms with Gasteiger partial charge in [0, 0.05) is 34.6 Å². The van der Waals surface area contributed by atoms with E-state index in [0.717, 1.165) is 40.7 Å². The van der Waals surface area contributed by atoms with Crippen LogP contribution >= 0.6 is 0 Å². The molecule has 0 aliphatic carbocycles. The van der Waals surface area contributed by atoms with Crippen molar-refractivity contribution in [2.75, 3.05) is 34.2 Å². The third kappa shape index (κ3) is 3.36. The van der Waals surface area contributed by atoms with Gasteiger partial charge < -0.3 is 35.5 Å². The molecular formula is C23H28N4O3. The Morgan fingerprint density at radius 2 is 1.70 bits per heavy atom. The molecule has 4 aromatic rings. The lowest BCUT2D eigenvalue weighted by atomic mass is 9.98. The maximum absolute atomic E-state index is 11.3. The Bertz CT molecular complexity index is 1210. The van der Waals surface area contributed by atoms with Crippen molar-refractivity contribution in [2.45, 2.75) is 12.8 Å². The molecule has 2 aromatic heterocycles. The minimum absolute atomic E-state index is 0.144. The van der Waals surface area contributed by atoms with Crippen molar-refractivity contribution in [3.8, 4) is 28.5 Å². The van der Waals surface area contributed by atoms with Crippen molar-refractivity contribution in [3.05, 3.63) is 41.6 Å². The zero-order valence-corrected chi connectivity index (χ0v) is 17.5. The van der Waals surface area contributed by atoms with Gasteiger partial charge in [-0.2, -0.15) is 0 Å². The van der Waals surface area contributed by atoms with Crippen LogP contribution in [-0.4, -0.2) is 64.4 Å². The minimum Gasteiger partial charge on any atom is -0.507 e. The second-order valence-corrected chi connectivity index (χ2v) is 7.94. The van der Waals surface area contributed by atoms with Gasteiger partial charge in [0.2, 0.25) is 0 Å². The number of aromatic nitrogens is 2. The minimum atomic E-state index is -0.157. The van der Waals surface area contributed by atoms with E-state index in [0.29, 0.717) is 29.4 Å². The van der Waals surface area contributed by atoms with Crippen molar-refractivity contribution in [2.24, 2.45) is 0 Å². The number of rotatable bonds is 7. The second kappa shape index (κ2) is 7.93. The van der Waals surface area contributed by atoms with Crippen LogP contribution in [0.5, 0.6) is 17.2 Å². The fourth-order valence-electron chi connectivity index (χ4n) is 4.07. The van der Waals surface area contributed by atoms with Gasteiger partial charge in [-0.05, 0) is 75.9 Å². The van der Waals surface area contributed by atoms with E-state index in [1.165, 1.54) is 6.07 Å². The van der Waals surface area contributed by atoms with Gasteiger partial charge >= 0.3 is 0 Å². The quantitative estimate of drug-likeness (QED) is 0.263. The van der Waals surface area contributed by atoms with Crippen LogP contribution in [0.4, 0.5) is 0 Å². The molecule has 0 atom stereocenters. The first-order valence-corrected chi connectivity index (χ1v) is 10.1. The molecule has 2 aromatic carbocycles. The normalized spacial score (nSPS) is 11.9. The third-order valence-corrected chi connectivity index (χ3v) is 5.64. The van der Waals surface area contributed by atoms with Gasteiger partial charge in [0.1, 0.15) is 5.75 Å². The lowest BCUT2D eigenvalue weighted by Crippen LogP contribution is -2.14. The monoisotopic (exact) mass is 408 g/mol. The van der Waals surface area contributed by atoms with Gasteiger partial charge in [0.15, 0.2) is 11.5 Å². The van der Waals surface area contributed by atoms with E-state index in [2.05, 4.69) is 20.2 Å². The van der Waals surface area contributed by atoms with E-state index in [1.54, 1.807) is 6.07 Å². The predicted octanol–water partition coefficient (Wildman–Crippen LogP) is 3.30. The summed E-state index contributed by atoms with van der Waals surface area (Å²) in [5.41, 5.74) is 4.94. The zero-order chi connectivity index (χ0) is 21.4. The topological polar surface area (TPSA) is 108 Å². The Kier molecular flexibility index (Phi) is 5.32. The molecule has 0 saturated carbocycles. The Morgan fingerprint density at radius 1 is 0.933 bits per heavy atom. The molecule has 7 nitrogen and oxygen atoms in total. The fraction of sp³-hybridized carbons (Fsp3) is 0.304. The Morgan fingerprint density at radius 3 is 2.43 bits per heavy atom. The highest BCUT2D eigenvalue weighted by molar-refractivity contribution is 6.01. The number of hydrogen-bond donors (Lipinski definition) is 6. The first kappa shape index (κ1) is 20.1. The Hall–Kier alpha value is -3.16. The predicted molar refractivity (Wildman–Crippen MR) is 120 cm³/mol. The molecule has 6 N–H and O–H groups in total. The lowest BCUT2D eigenvalue weighted by Gasteiger charge is -2.11. The van der Waals surface area contributed by atoms with Gasteiger partial charge in [-0.1, -0.05) is 0 Å². The summed E-state index contributed by atoms with van der Waals surface area (Å²) < 4.78 is 0. The van der Waals surface area contributed by atoms with Crippen LogP contribution in [-0.2, 0) is 12.8 Å². The summed E-state index contributed by atoms with van der Waals surface area (Å²) in [6, 6.07) is 7.06. The van der Waals surface area contributed by atoms with E-state index >= 15 is 0 Å².